The Morgan fingerprint density at radius 2 is 1.02 bits per heavy atom. The van der Waals surface area contributed by atoms with E-state index in [2.05, 4.69) is 31.3 Å². The van der Waals surface area contributed by atoms with Gasteiger partial charge in [0.15, 0.2) is 0 Å². The van der Waals surface area contributed by atoms with Crippen LogP contribution in [-0.2, 0) is 18.4 Å². The van der Waals surface area contributed by atoms with E-state index in [0.29, 0.717) is 17.4 Å². The molecule has 0 saturated heterocycles. The topological polar surface area (TPSA) is 108 Å². The standard InChI is InChI=1S/C45H89N2O6P/c1-6-8-10-12-14-16-18-20-22-23-24-25-27-29-31-33-35-37-39-45(49)46-43(42-53-54(50,51)52-41-40-47(3,4)5)44(48)38-36-34-32-30-28-26-21-19-17-15-13-11-9-7-2/h24-25,36,38,43-44,48H,6-23,26-35,37,39-42H2,1-5H3,(H-,46,49,50,51)/b25-24-,38-36+. The number of likely N-dealkylation sites (N-methyl/N-ethyl adjacent to an activating group) is 1. The number of hydrogen-bond donors (Lipinski definition) is 2. The van der Waals surface area contributed by atoms with E-state index in [1.807, 2.05) is 27.2 Å². The van der Waals surface area contributed by atoms with Crippen molar-refractivity contribution in [2.75, 3.05) is 40.9 Å². The van der Waals surface area contributed by atoms with E-state index in [-0.39, 0.29) is 19.1 Å². The van der Waals surface area contributed by atoms with E-state index in [0.717, 1.165) is 51.4 Å². The fourth-order valence-corrected chi connectivity index (χ4v) is 7.22. The Hall–Kier alpha value is -1.02. The summed E-state index contributed by atoms with van der Waals surface area (Å²) in [6.07, 6.45) is 43.6. The predicted molar refractivity (Wildman–Crippen MR) is 228 cm³/mol. The molecule has 8 nitrogen and oxygen atoms in total. The Bertz CT molecular complexity index is 938. The Labute approximate surface area is 334 Å². The average Bonchev–Trinajstić information content (AvgIpc) is 3.12. The highest BCUT2D eigenvalue weighted by Crippen LogP contribution is 2.38. The van der Waals surface area contributed by atoms with Crippen LogP contribution in [0.2, 0.25) is 0 Å². The predicted octanol–water partition coefficient (Wildman–Crippen LogP) is 11.9. The highest BCUT2D eigenvalue weighted by atomic mass is 31.2. The summed E-state index contributed by atoms with van der Waals surface area (Å²) >= 11 is 0. The number of nitrogens with zero attached hydrogens (tertiary/aromatic N) is 1. The molecule has 0 spiro atoms. The van der Waals surface area contributed by atoms with Crippen molar-refractivity contribution < 1.29 is 32.9 Å². The number of hydrogen-bond acceptors (Lipinski definition) is 6. The van der Waals surface area contributed by atoms with Gasteiger partial charge in [-0.1, -0.05) is 179 Å². The van der Waals surface area contributed by atoms with Gasteiger partial charge in [-0.25, -0.2) is 0 Å². The van der Waals surface area contributed by atoms with Gasteiger partial charge in [-0.15, -0.1) is 0 Å². The van der Waals surface area contributed by atoms with Gasteiger partial charge in [-0.05, 0) is 44.9 Å². The van der Waals surface area contributed by atoms with Gasteiger partial charge in [0.05, 0.1) is 39.9 Å². The van der Waals surface area contributed by atoms with Gasteiger partial charge in [0, 0.05) is 6.42 Å². The number of carbonyl (C=O) groups excluding carboxylic acids is 1. The number of allylic oxidation sites excluding steroid dienone is 3. The molecule has 0 aromatic rings. The van der Waals surface area contributed by atoms with Gasteiger partial charge < -0.3 is 28.8 Å². The molecule has 9 heteroatoms. The molecule has 0 aliphatic carbocycles. The number of phosphoric acid groups is 1. The van der Waals surface area contributed by atoms with Crippen LogP contribution < -0.4 is 10.2 Å². The van der Waals surface area contributed by atoms with Crippen molar-refractivity contribution in [3.8, 4) is 0 Å². The van der Waals surface area contributed by atoms with Crippen molar-refractivity contribution >= 4 is 13.7 Å². The lowest BCUT2D eigenvalue weighted by Gasteiger charge is -2.29. The summed E-state index contributed by atoms with van der Waals surface area (Å²) in [5.74, 6) is -0.205. The number of carbonyl (C=O) groups is 1. The summed E-state index contributed by atoms with van der Waals surface area (Å²) in [5.41, 5.74) is 0. The molecule has 0 fully saturated rings. The van der Waals surface area contributed by atoms with E-state index >= 15 is 0 Å². The van der Waals surface area contributed by atoms with E-state index in [4.69, 9.17) is 9.05 Å². The van der Waals surface area contributed by atoms with Gasteiger partial charge in [-0.2, -0.15) is 0 Å². The van der Waals surface area contributed by atoms with Crippen LogP contribution in [0, 0.1) is 0 Å². The molecule has 3 unspecified atom stereocenters. The SMILES string of the molecule is CCCCCCCCCCC/C=C\CCCCCCCC(=O)NC(COP(=O)([O-])OCC[N+](C)(C)C)C(O)/C=C/CCCCCCCCCCCCCC. The first-order valence-corrected chi connectivity index (χ1v) is 24.2. The number of amides is 1. The molecular weight excluding hydrogens is 695 g/mol. The van der Waals surface area contributed by atoms with Crippen LogP contribution in [0.25, 0.3) is 0 Å². The zero-order chi connectivity index (χ0) is 40.0. The van der Waals surface area contributed by atoms with Gasteiger partial charge >= 0.3 is 0 Å². The van der Waals surface area contributed by atoms with Crippen LogP contribution in [0.3, 0.4) is 0 Å². The molecule has 0 aromatic carbocycles. The summed E-state index contributed by atoms with van der Waals surface area (Å²) in [4.78, 5) is 25.3. The van der Waals surface area contributed by atoms with Crippen LogP contribution in [-0.4, -0.2) is 68.5 Å². The first kappa shape index (κ1) is 53.0. The maximum atomic E-state index is 12.8. The van der Waals surface area contributed by atoms with Crippen LogP contribution in [0.4, 0.5) is 0 Å². The monoisotopic (exact) mass is 785 g/mol. The summed E-state index contributed by atoms with van der Waals surface area (Å²) in [6, 6.07) is -0.887. The molecule has 0 heterocycles. The molecule has 0 aromatic heterocycles. The van der Waals surface area contributed by atoms with Gasteiger partial charge in [0.1, 0.15) is 13.2 Å². The minimum Gasteiger partial charge on any atom is -0.756 e. The molecule has 0 aliphatic rings. The maximum absolute atomic E-state index is 12.8. The maximum Gasteiger partial charge on any atom is 0.268 e. The zero-order valence-corrected chi connectivity index (χ0v) is 37.1. The Morgan fingerprint density at radius 3 is 1.44 bits per heavy atom. The molecule has 3 atom stereocenters. The second-order valence-corrected chi connectivity index (χ2v) is 18.2. The van der Waals surface area contributed by atoms with Crippen molar-refractivity contribution in [1.29, 1.82) is 0 Å². The van der Waals surface area contributed by atoms with Gasteiger partial charge in [-0.3, -0.25) is 9.36 Å². The minimum atomic E-state index is -4.59. The van der Waals surface area contributed by atoms with Crippen LogP contribution >= 0.6 is 7.82 Å². The summed E-state index contributed by atoms with van der Waals surface area (Å²) in [7, 11) is 1.26. The molecule has 0 saturated carbocycles. The Morgan fingerprint density at radius 1 is 0.630 bits per heavy atom. The molecule has 0 aliphatic heterocycles. The quantitative estimate of drug-likeness (QED) is 0.0277. The van der Waals surface area contributed by atoms with Crippen LogP contribution in [0.15, 0.2) is 24.3 Å². The molecule has 0 rings (SSSR count). The van der Waals surface area contributed by atoms with Gasteiger partial charge in [0.25, 0.3) is 7.82 Å². The second kappa shape index (κ2) is 37.6. The number of nitrogens with one attached hydrogen (secondary N) is 1. The van der Waals surface area contributed by atoms with Crippen LogP contribution in [0.1, 0.15) is 206 Å². The fraction of sp³-hybridized carbons (Fsp3) is 0.889. The molecular formula is C45H89N2O6P. The lowest BCUT2D eigenvalue weighted by molar-refractivity contribution is -0.870. The van der Waals surface area contributed by atoms with Crippen molar-refractivity contribution in [2.45, 2.75) is 219 Å². The molecule has 1 amide bonds. The van der Waals surface area contributed by atoms with E-state index in [9.17, 15) is 19.4 Å². The largest absolute Gasteiger partial charge is 0.756 e. The highest BCUT2D eigenvalue weighted by molar-refractivity contribution is 7.45. The summed E-state index contributed by atoms with van der Waals surface area (Å²) in [6.45, 7) is 4.64. The highest BCUT2D eigenvalue weighted by Gasteiger charge is 2.23. The molecule has 54 heavy (non-hydrogen) atoms. The number of quaternary nitrogens is 1. The van der Waals surface area contributed by atoms with Gasteiger partial charge in [0.2, 0.25) is 5.91 Å². The number of unbranched alkanes of at least 4 members (excludes halogenated alkanes) is 26. The Balaban J connectivity index is 4.41. The molecule has 0 radical (unpaired) electrons. The first-order chi connectivity index (χ1) is 26.0. The third-order valence-electron chi connectivity index (χ3n) is 10.2. The zero-order valence-electron chi connectivity index (χ0n) is 36.2. The normalized spacial score (nSPS) is 14.6. The van der Waals surface area contributed by atoms with Crippen molar-refractivity contribution in [3.63, 3.8) is 0 Å². The summed E-state index contributed by atoms with van der Waals surface area (Å²) in [5, 5.41) is 13.8. The van der Waals surface area contributed by atoms with Crippen LogP contribution in [0.5, 0.6) is 0 Å². The number of aliphatic hydroxyl groups excluding tert-OH is 1. The van der Waals surface area contributed by atoms with Crippen molar-refractivity contribution in [3.05, 3.63) is 24.3 Å². The van der Waals surface area contributed by atoms with E-state index in [1.165, 1.54) is 135 Å². The number of aliphatic hydroxyl groups is 1. The first-order valence-electron chi connectivity index (χ1n) is 22.7. The van der Waals surface area contributed by atoms with E-state index < -0.39 is 20.0 Å². The number of rotatable bonds is 41. The molecule has 0 bridgehead atoms. The fourth-order valence-electron chi connectivity index (χ4n) is 6.50. The minimum absolute atomic E-state index is 0.00154. The third kappa shape index (κ3) is 39.2. The third-order valence-corrected chi connectivity index (χ3v) is 11.1. The second-order valence-electron chi connectivity index (χ2n) is 16.8. The summed E-state index contributed by atoms with van der Waals surface area (Å²) < 4.78 is 23.2. The molecule has 2 N–H and O–H groups in total. The van der Waals surface area contributed by atoms with Crippen molar-refractivity contribution in [1.82, 2.24) is 5.32 Å². The Kier molecular flexibility index (Phi) is 36.8. The smallest absolute Gasteiger partial charge is 0.268 e. The lowest BCUT2D eigenvalue weighted by Crippen LogP contribution is -2.45. The number of phosphoric ester groups is 1. The van der Waals surface area contributed by atoms with Crippen molar-refractivity contribution in [2.24, 2.45) is 0 Å². The molecule has 320 valence electrons. The lowest BCUT2D eigenvalue weighted by atomic mass is 10.0. The average molecular weight is 785 g/mol. The van der Waals surface area contributed by atoms with E-state index in [1.54, 1.807) is 6.08 Å².